The Morgan fingerprint density at radius 3 is 2.52 bits per heavy atom. The van der Waals surface area contributed by atoms with Gasteiger partial charge in [0.05, 0.1) is 0 Å². The molecule has 2 amide bonds. The van der Waals surface area contributed by atoms with Crippen LogP contribution in [0.5, 0.6) is 0 Å². The first kappa shape index (κ1) is 17.8. The molecule has 1 rings (SSSR count). The number of carboxylic acid groups (broad SMARTS) is 1. The second-order valence-electron chi connectivity index (χ2n) is 6.02. The highest BCUT2D eigenvalue weighted by Gasteiger charge is 2.31. The zero-order chi connectivity index (χ0) is 16.0. The summed E-state index contributed by atoms with van der Waals surface area (Å²) in [5, 5.41) is 12.0. The fraction of sp³-hybridized carbons (Fsp3) is 0.867. The number of amides is 2. The molecule has 1 saturated heterocycles. The van der Waals surface area contributed by atoms with E-state index < -0.39 is 12.0 Å². The summed E-state index contributed by atoms with van der Waals surface area (Å²) in [6.45, 7) is 8.34. The predicted octanol–water partition coefficient (Wildman–Crippen LogP) is 1.61. The Morgan fingerprint density at radius 1 is 1.33 bits per heavy atom. The number of rotatable bonds is 5. The lowest BCUT2D eigenvalue weighted by Crippen LogP contribution is -2.54. The quantitative estimate of drug-likeness (QED) is 0.809. The third-order valence-corrected chi connectivity index (χ3v) is 4.39. The van der Waals surface area contributed by atoms with E-state index in [1.807, 2.05) is 18.7 Å². The number of aliphatic carboxylic acids is 1. The Bertz CT molecular complexity index is 362. The number of likely N-dealkylation sites (N-methyl/N-ethyl adjacent to an activating group) is 1. The molecular formula is C15H29N3O3. The molecule has 0 aromatic heterocycles. The minimum absolute atomic E-state index is 0.0822. The highest BCUT2D eigenvalue weighted by molar-refractivity contribution is 5.83. The Morgan fingerprint density at radius 2 is 2.00 bits per heavy atom. The summed E-state index contributed by atoms with van der Waals surface area (Å²) in [5.41, 5.74) is 0. The molecule has 21 heavy (non-hydrogen) atoms. The monoisotopic (exact) mass is 299 g/mol. The van der Waals surface area contributed by atoms with E-state index in [0.717, 1.165) is 32.4 Å². The molecule has 1 fully saturated rings. The second-order valence-corrected chi connectivity index (χ2v) is 6.02. The molecule has 0 radical (unpaired) electrons. The molecule has 122 valence electrons. The number of carbonyl (C=O) groups is 2. The smallest absolute Gasteiger partial charge is 0.326 e. The standard InChI is InChI=1S/C15H29N3O3/c1-5-11(3)13(14(19)20)16-15(21)18-9-7-8-17(4)10-12(18)6-2/h11-13H,5-10H2,1-4H3,(H,16,21)(H,19,20)/t11?,12?,13-/m0/s1. The van der Waals surface area contributed by atoms with Crippen LogP contribution < -0.4 is 5.32 Å². The highest BCUT2D eigenvalue weighted by atomic mass is 16.4. The number of carbonyl (C=O) groups excluding carboxylic acids is 1. The van der Waals surface area contributed by atoms with Crippen molar-refractivity contribution in [3.8, 4) is 0 Å². The molecule has 0 saturated carbocycles. The summed E-state index contributed by atoms with van der Waals surface area (Å²) in [4.78, 5) is 27.9. The Kier molecular flexibility index (Phi) is 6.95. The Hall–Kier alpha value is -1.30. The summed E-state index contributed by atoms with van der Waals surface area (Å²) < 4.78 is 0. The van der Waals surface area contributed by atoms with Crippen LogP contribution in [0.2, 0.25) is 0 Å². The summed E-state index contributed by atoms with van der Waals surface area (Å²) in [5.74, 6) is -1.04. The van der Waals surface area contributed by atoms with Gasteiger partial charge in [-0.05, 0) is 32.4 Å². The van der Waals surface area contributed by atoms with Gasteiger partial charge in [-0.1, -0.05) is 27.2 Å². The summed E-state index contributed by atoms with van der Waals surface area (Å²) in [6, 6.07) is -0.922. The molecule has 2 unspecified atom stereocenters. The van der Waals surface area contributed by atoms with Crippen LogP contribution in [0.1, 0.15) is 40.0 Å². The van der Waals surface area contributed by atoms with Gasteiger partial charge in [0, 0.05) is 19.1 Å². The van der Waals surface area contributed by atoms with Gasteiger partial charge in [0.2, 0.25) is 0 Å². The van der Waals surface area contributed by atoms with Crippen molar-refractivity contribution in [1.82, 2.24) is 15.1 Å². The molecule has 1 heterocycles. The van der Waals surface area contributed by atoms with Crippen LogP contribution in [-0.2, 0) is 4.79 Å². The Balaban J connectivity index is 2.77. The van der Waals surface area contributed by atoms with Gasteiger partial charge in [-0.3, -0.25) is 0 Å². The van der Waals surface area contributed by atoms with E-state index in [0.29, 0.717) is 6.54 Å². The molecule has 6 nitrogen and oxygen atoms in total. The van der Waals surface area contributed by atoms with Gasteiger partial charge < -0.3 is 20.2 Å². The molecule has 0 aromatic carbocycles. The number of nitrogens with zero attached hydrogens (tertiary/aromatic N) is 2. The third-order valence-electron chi connectivity index (χ3n) is 4.39. The number of urea groups is 1. The van der Waals surface area contributed by atoms with Gasteiger partial charge in [-0.25, -0.2) is 9.59 Å². The minimum atomic E-state index is -0.960. The molecule has 2 N–H and O–H groups in total. The van der Waals surface area contributed by atoms with Gasteiger partial charge in [-0.2, -0.15) is 0 Å². The summed E-state index contributed by atoms with van der Waals surface area (Å²) in [6.07, 6.45) is 2.51. The number of hydrogen-bond donors (Lipinski definition) is 2. The zero-order valence-corrected chi connectivity index (χ0v) is 13.6. The zero-order valence-electron chi connectivity index (χ0n) is 13.6. The average molecular weight is 299 g/mol. The van der Waals surface area contributed by atoms with Crippen LogP contribution in [0.3, 0.4) is 0 Å². The second kappa shape index (κ2) is 8.22. The topological polar surface area (TPSA) is 72.9 Å². The molecule has 1 aliphatic heterocycles. The first-order valence-corrected chi connectivity index (χ1v) is 7.89. The fourth-order valence-corrected chi connectivity index (χ4v) is 2.76. The maximum absolute atomic E-state index is 12.5. The summed E-state index contributed by atoms with van der Waals surface area (Å²) >= 11 is 0. The van der Waals surface area contributed by atoms with Crippen LogP contribution in [-0.4, -0.2) is 65.7 Å². The van der Waals surface area contributed by atoms with Gasteiger partial charge >= 0.3 is 12.0 Å². The van der Waals surface area contributed by atoms with Crippen molar-refractivity contribution in [2.45, 2.75) is 52.1 Å². The first-order valence-electron chi connectivity index (χ1n) is 7.89. The number of nitrogens with one attached hydrogen (secondary N) is 1. The predicted molar refractivity (Wildman–Crippen MR) is 82.3 cm³/mol. The summed E-state index contributed by atoms with van der Waals surface area (Å²) in [7, 11) is 2.06. The lowest BCUT2D eigenvalue weighted by Gasteiger charge is -2.32. The maximum Gasteiger partial charge on any atom is 0.326 e. The lowest BCUT2D eigenvalue weighted by molar-refractivity contribution is -0.140. The van der Waals surface area contributed by atoms with E-state index in [-0.39, 0.29) is 18.0 Å². The molecule has 0 bridgehead atoms. The van der Waals surface area contributed by atoms with Crippen LogP contribution in [0.25, 0.3) is 0 Å². The van der Waals surface area contributed by atoms with E-state index in [2.05, 4.69) is 24.2 Å². The van der Waals surface area contributed by atoms with E-state index in [4.69, 9.17) is 0 Å². The average Bonchev–Trinajstić information content (AvgIpc) is 2.64. The van der Waals surface area contributed by atoms with Crippen molar-refractivity contribution in [2.75, 3.05) is 26.7 Å². The van der Waals surface area contributed by atoms with E-state index in [1.54, 1.807) is 0 Å². The van der Waals surface area contributed by atoms with Crippen LogP contribution >= 0.6 is 0 Å². The molecule has 0 aliphatic carbocycles. The highest BCUT2D eigenvalue weighted by Crippen LogP contribution is 2.14. The normalized spacial score (nSPS) is 23.2. The van der Waals surface area contributed by atoms with Crippen molar-refractivity contribution < 1.29 is 14.7 Å². The molecule has 6 heteroatoms. The number of carboxylic acids is 1. The molecule has 0 aromatic rings. The van der Waals surface area contributed by atoms with Crippen LogP contribution in [0.15, 0.2) is 0 Å². The van der Waals surface area contributed by atoms with Crippen molar-refractivity contribution in [2.24, 2.45) is 5.92 Å². The van der Waals surface area contributed by atoms with Gasteiger partial charge in [0.15, 0.2) is 0 Å². The van der Waals surface area contributed by atoms with Gasteiger partial charge in [0.1, 0.15) is 6.04 Å². The molecular weight excluding hydrogens is 270 g/mol. The Labute approximate surface area is 127 Å². The number of hydrogen-bond acceptors (Lipinski definition) is 3. The SMILES string of the molecule is CCC(C)[C@H](NC(=O)N1CCCN(C)CC1CC)C(=O)O. The maximum atomic E-state index is 12.5. The lowest BCUT2D eigenvalue weighted by atomic mass is 9.99. The van der Waals surface area contributed by atoms with Crippen molar-refractivity contribution in [1.29, 1.82) is 0 Å². The van der Waals surface area contributed by atoms with Gasteiger partial charge in [-0.15, -0.1) is 0 Å². The largest absolute Gasteiger partial charge is 0.480 e. The van der Waals surface area contributed by atoms with E-state index >= 15 is 0 Å². The van der Waals surface area contributed by atoms with Crippen molar-refractivity contribution in [3.63, 3.8) is 0 Å². The third kappa shape index (κ3) is 4.88. The van der Waals surface area contributed by atoms with Crippen LogP contribution in [0, 0.1) is 5.92 Å². The fourth-order valence-electron chi connectivity index (χ4n) is 2.76. The molecule has 3 atom stereocenters. The molecule has 0 spiro atoms. The van der Waals surface area contributed by atoms with Gasteiger partial charge in [0.25, 0.3) is 0 Å². The van der Waals surface area contributed by atoms with E-state index in [1.165, 1.54) is 0 Å². The van der Waals surface area contributed by atoms with Crippen molar-refractivity contribution in [3.05, 3.63) is 0 Å². The molecule has 1 aliphatic rings. The van der Waals surface area contributed by atoms with E-state index in [9.17, 15) is 14.7 Å². The van der Waals surface area contributed by atoms with Crippen molar-refractivity contribution >= 4 is 12.0 Å². The first-order chi connectivity index (χ1) is 9.90. The van der Waals surface area contributed by atoms with Crippen LogP contribution in [0.4, 0.5) is 4.79 Å². The minimum Gasteiger partial charge on any atom is -0.480 e.